The summed E-state index contributed by atoms with van der Waals surface area (Å²) in [5.41, 5.74) is 4.33. The van der Waals surface area contributed by atoms with Crippen molar-refractivity contribution in [2.24, 2.45) is 0 Å². The zero-order chi connectivity index (χ0) is 14.0. The molecule has 0 aliphatic rings. The zero-order valence-corrected chi connectivity index (χ0v) is 12.2. The van der Waals surface area contributed by atoms with E-state index in [1.165, 1.54) is 5.56 Å². The molecule has 3 nitrogen and oxygen atoms in total. The van der Waals surface area contributed by atoms with Crippen LogP contribution in [0.15, 0.2) is 29.1 Å². The second kappa shape index (κ2) is 5.47. The number of aryl methyl sites for hydroxylation is 1. The molecule has 2 aromatic rings. The average molecular weight is 258 g/mol. The molecule has 0 radical (unpaired) electrons. The van der Waals surface area contributed by atoms with Crippen molar-refractivity contribution < 1.29 is 0 Å². The summed E-state index contributed by atoms with van der Waals surface area (Å²) in [7, 11) is 0. The molecule has 1 heterocycles. The van der Waals surface area contributed by atoms with Gasteiger partial charge >= 0.3 is 0 Å². The molecule has 0 bridgehead atoms. The zero-order valence-electron chi connectivity index (χ0n) is 12.2. The van der Waals surface area contributed by atoms with Gasteiger partial charge < -0.3 is 0 Å². The molecule has 3 heteroatoms. The Morgan fingerprint density at radius 2 is 1.95 bits per heavy atom. The van der Waals surface area contributed by atoms with Crippen LogP contribution in [-0.4, -0.2) is 9.78 Å². The maximum absolute atomic E-state index is 12.4. The van der Waals surface area contributed by atoms with Crippen LogP contribution < -0.4 is 5.56 Å². The van der Waals surface area contributed by atoms with Crippen LogP contribution >= 0.6 is 0 Å². The number of H-pyrrole nitrogens is 1. The molecule has 2 rings (SSSR count). The summed E-state index contributed by atoms with van der Waals surface area (Å²) >= 11 is 0. The number of aromatic amines is 1. The average Bonchev–Trinajstić information content (AvgIpc) is 2.69. The van der Waals surface area contributed by atoms with Crippen molar-refractivity contribution in [2.45, 2.75) is 46.6 Å². The quantitative estimate of drug-likeness (QED) is 0.892. The van der Waals surface area contributed by atoms with Crippen LogP contribution in [0, 0.1) is 6.92 Å². The lowest BCUT2D eigenvalue weighted by molar-refractivity contribution is 0.517. The van der Waals surface area contributed by atoms with Crippen LogP contribution in [0.5, 0.6) is 0 Å². The molecule has 0 aliphatic heterocycles. The molecule has 0 unspecified atom stereocenters. The molecular weight excluding hydrogens is 236 g/mol. The fourth-order valence-electron chi connectivity index (χ4n) is 2.41. The predicted octanol–water partition coefficient (Wildman–Crippen LogP) is 3.69. The van der Waals surface area contributed by atoms with Gasteiger partial charge in [0.15, 0.2) is 0 Å². The third kappa shape index (κ3) is 2.50. The fourth-order valence-corrected chi connectivity index (χ4v) is 2.41. The highest BCUT2D eigenvalue weighted by Crippen LogP contribution is 2.24. The summed E-state index contributed by atoms with van der Waals surface area (Å²) in [5, 5.41) is 3.30. The Kier molecular flexibility index (Phi) is 3.93. The van der Waals surface area contributed by atoms with Gasteiger partial charge in [0.25, 0.3) is 5.56 Å². The van der Waals surface area contributed by atoms with Crippen molar-refractivity contribution in [3.63, 3.8) is 0 Å². The smallest absolute Gasteiger partial charge is 0.270 e. The summed E-state index contributed by atoms with van der Waals surface area (Å²) in [6.07, 6.45) is 1.79. The monoisotopic (exact) mass is 258 g/mol. The third-order valence-electron chi connectivity index (χ3n) is 3.44. The van der Waals surface area contributed by atoms with E-state index >= 15 is 0 Å². The van der Waals surface area contributed by atoms with E-state index in [-0.39, 0.29) is 11.6 Å². The van der Waals surface area contributed by atoms with E-state index in [2.05, 4.69) is 31.1 Å². The Hall–Kier alpha value is -1.77. The van der Waals surface area contributed by atoms with E-state index in [4.69, 9.17) is 0 Å². The van der Waals surface area contributed by atoms with Gasteiger partial charge in [0.2, 0.25) is 0 Å². The van der Waals surface area contributed by atoms with Gasteiger partial charge in [-0.05, 0) is 32.8 Å². The number of benzene rings is 1. The highest BCUT2D eigenvalue weighted by atomic mass is 16.1. The number of hydrogen-bond donors (Lipinski definition) is 1. The number of nitrogens with one attached hydrogen (secondary N) is 1. The number of rotatable bonds is 4. The molecule has 0 aliphatic carbocycles. The summed E-state index contributed by atoms with van der Waals surface area (Å²) in [6, 6.07) is 8.35. The predicted molar refractivity (Wildman–Crippen MR) is 79.6 cm³/mol. The minimum Gasteiger partial charge on any atom is -0.294 e. The summed E-state index contributed by atoms with van der Waals surface area (Å²) < 4.78 is 1.73. The molecule has 0 fully saturated rings. The highest BCUT2D eigenvalue weighted by molar-refractivity contribution is 5.66. The first-order valence-electron chi connectivity index (χ1n) is 6.95. The van der Waals surface area contributed by atoms with Gasteiger partial charge in [-0.25, -0.2) is 4.68 Å². The molecule has 19 heavy (non-hydrogen) atoms. The van der Waals surface area contributed by atoms with Crippen LogP contribution in [0.2, 0.25) is 0 Å². The van der Waals surface area contributed by atoms with E-state index < -0.39 is 0 Å². The summed E-state index contributed by atoms with van der Waals surface area (Å²) in [4.78, 5) is 12.4. The van der Waals surface area contributed by atoms with E-state index in [9.17, 15) is 4.79 Å². The van der Waals surface area contributed by atoms with Crippen LogP contribution in [0.4, 0.5) is 0 Å². The lowest BCUT2D eigenvalue weighted by Gasteiger charge is -2.07. The normalized spacial score (nSPS) is 11.2. The first kappa shape index (κ1) is 13.7. The van der Waals surface area contributed by atoms with Crippen LogP contribution in [0.25, 0.3) is 11.3 Å². The van der Waals surface area contributed by atoms with Gasteiger partial charge in [0.05, 0.1) is 5.69 Å². The lowest BCUT2D eigenvalue weighted by Crippen LogP contribution is -2.20. The lowest BCUT2D eigenvalue weighted by atomic mass is 10.0. The molecule has 1 aromatic carbocycles. The summed E-state index contributed by atoms with van der Waals surface area (Å²) in [6.45, 7) is 8.23. The molecular formula is C16H22N2O. The van der Waals surface area contributed by atoms with Gasteiger partial charge in [-0.2, -0.15) is 0 Å². The van der Waals surface area contributed by atoms with Crippen LogP contribution in [0.3, 0.4) is 0 Å². The molecule has 0 saturated carbocycles. The van der Waals surface area contributed by atoms with E-state index in [1.807, 2.05) is 26.0 Å². The van der Waals surface area contributed by atoms with Gasteiger partial charge in [0.1, 0.15) is 0 Å². The largest absolute Gasteiger partial charge is 0.294 e. The van der Waals surface area contributed by atoms with Crippen molar-refractivity contribution in [1.82, 2.24) is 9.78 Å². The van der Waals surface area contributed by atoms with Crippen LogP contribution in [0.1, 0.15) is 44.4 Å². The van der Waals surface area contributed by atoms with E-state index in [1.54, 1.807) is 4.68 Å². The van der Waals surface area contributed by atoms with Crippen molar-refractivity contribution in [1.29, 1.82) is 0 Å². The number of hydrogen-bond acceptors (Lipinski definition) is 1. The van der Waals surface area contributed by atoms with E-state index in [0.717, 1.165) is 29.7 Å². The molecule has 0 spiro atoms. The van der Waals surface area contributed by atoms with Crippen molar-refractivity contribution in [3.8, 4) is 11.3 Å². The Balaban J connectivity index is 2.66. The highest BCUT2D eigenvalue weighted by Gasteiger charge is 2.17. The Morgan fingerprint density at radius 3 is 2.53 bits per heavy atom. The number of aromatic nitrogens is 2. The standard InChI is InChI=1S/C16H22N2O/c1-5-8-14-15(13-10-7-6-9-12(13)4)17-18(11(2)3)16(14)19/h6-7,9-11,17H,5,8H2,1-4H3. The van der Waals surface area contributed by atoms with Gasteiger partial charge in [-0.1, -0.05) is 37.6 Å². The summed E-state index contributed by atoms with van der Waals surface area (Å²) in [5.74, 6) is 0. The topological polar surface area (TPSA) is 37.8 Å². The van der Waals surface area contributed by atoms with Gasteiger partial charge in [0, 0.05) is 17.2 Å². The second-order valence-corrected chi connectivity index (χ2v) is 5.30. The Morgan fingerprint density at radius 1 is 1.26 bits per heavy atom. The fraction of sp³-hybridized carbons (Fsp3) is 0.438. The van der Waals surface area contributed by atoms with Crippen LogP contribution in [-0.2, 0) is 6.42 Å². The first-order chi connectivity index (χ1) is 9.06. The third-order valence-corrected chi connectivity index (χ3v) is 3.44. The van der Waals surface area contributed by atoms with Crippen molar-refractivity contribution >= 4 is 0 Å². The van der Waals surface area contributed by atoms with Gasteiger partial charge in [-0.3, -0.25) is 9.89 Å². The number of nitrogens with zero attached hydrogens (tertiary/aromatic N) is 1. The SMILES string of the molecule is CCCc1c(-c2ccccc2C)[nH]n(C(C)C)c1=O. The molecule has 0 saturated heterocycles. The minimum absolute atomic E-state index is 0.120. The molecule has 102 valence electrons. The van der Waals surface area contributed by atoms with Crippen molar-refractivity contribution in [2.75, 3.05) is 0 Å². The second-order valence-electron chi connectivity index (χ2n) is 5.30. The van der Waals surface area contributed by atoms with E-state index in [0.29, 0.717) is 0 Å². The first-order valence-corrected chi connectivity index (χ1v) is 6.95. The minimum atomic E-state index is 0.120. The molecule has 1 N–H and O–H groups in total. The molecule has 1 aromatic heterocycles. The van der Waals surface area contributed by atoms with Gasteiger partial charge in [-0.15, -0.1) is 0 Å². The van der Waals surface area contributed by atoms with Crippen molar-refractivity contribution in [3.05, 3.63) is 45.7 Å². The Labute approximate surface area is 114 Å². The molecule has 0 atom stereocenters. The maximum Gasteiger partial charge on any atom is 0.270 e. The maximum atomic E-state index is 12.4. The molecule has 0 amide bonds. The Bertz CT molecular complexity index is 620.